The van der Waals surface area contributed by atoms with Crippen molar-refractivity contribution < 1.29 is 14.7 Å². The lowest BCUT2D eigenvalue weighted by Crippen LogP contribution is -2.45. The molecule has 1 heterocycles. The Bertz CT molecular complexity index is 914. The van der Waals surface area contributed by atoms with Gasteiger partial charge in [0.15, 0.2) is 0 Å². The number of hydrogen-bond donors (Lipinski definition) is 1. The van der Waals surface area contributed by atoms with Gasteiger partial charge in [0, 0.05) is 29.1 Å². The second kappa shape index (κ2) is 9.21. The quantitative estimate of drug-likeness (QED) is 0.521. The molecule has 0 radical (unpaired) electrons. The van der Waals surface area contributed by atoms with Crippen molar-refractivity contribution in [1.82, 2.24) is 4.90 Å². The molecule has 4 nitrogen and oxygen atoms in total. The van der Waals surface area contributed by atoms with Gasteiger partial charge in [-0.15, -0.1) is 0 Å². The zero-order valence-corrected chi connectivity index (χ0v) is 21.1. The van der Waals surface area contributed by atoms with E-state index >= 15 is 0 Å². The van der Waals surface area contributed by atoms with E-state index in [4.69, 9.17) is 11.6 Å². The molecule has 1 N–H and O–H groups in total. The number of rotatable bonds is 6. The molecule has 32 heavy (non-hydrogen) atoms. The van der Waals surface area contributed by atoms with Crippen molar-refractivity contribution in [3.05, 3.63) is 46.1 Å². The Morgan fingerprint density at radius 3 is 2.50 bits per heavy atom. The molecule has 2 aliphatic rings. The Morgan fingerprint density at radius 2 is 1.97 bits per heavy atom. The van der Waals surface area contributed by atoms with Gasteiger partial charge in [-0.25, -0.2) is 0 Å². The van der Waals surface area contributed by atoms with Gasteiger partial charge in [0.25, 0.3) is 0 Å². The Hall–Kier alpha value is -1.81. The molecule has 1 fully saturated rings. The molecule has 0 aromatic heterocycles. The van der Waals surface area contributed by atoms with Crippen LogP contribution in [0, 0.1) is 17.3 Å². The van der Waals surface area contributed by atoms with Gasteiger partial charge in [0.1, 0.15) is 0 Å². The second-order valence-electron chi connectivity index (χ2n) is 11.4. The topological polar surface area (TPSA) is 57.6 Å². The second-order valence-corrected chi connectivity index (χ2v) is 11.8. The molecule has 176 valence electrons. The molecule has 1 saturated carbocycles. The molecule has 2 unspecified atom stereocenters. The maximum Gasteiger partial charge on any atom is 0.306 e. The van der Waals surface area contributed by atoms with Crippen LogP contribution in [0.4, 0.5) is 0 Å². The van der Waals surface area contributed by atoms with Gasteiger partial charge in [-0.2, -0.15) is 0 Å². The third-order valence-electron chi connectivity index (χ3n) is 7.31. The van der Waals surface area contributed by atoms with Crippen LogP contribution in [0.25, 0.3) is 0 Å². The fourth-order valence-corrected chi connectivity index (χ4v) is 5.54. The molecular formula is C27H38ClNO3. The lowest BCUT2D eigenvalue weighted by molar-refractivity contribution is -0.142. The number of halogens is 1. The van der Waals surface area contributed by atoms with E-state index in [1.165, 1.54) is 5.57 Å². The largest absolute Gasteiger partial charge is 0.481 e. The lowest BCUT2D eigenvalue weighted by Gasteiger charge is -2.43. The predicted molar refractivity (Wildman–Crippen MR) is 130 cm³/mol. The first kappa shape index (κ1) is 24.8. The molecule has 3 atom stereocenters. The summed E-state index contributed by atoms with van der Waals surface area (Å²) in [7, 11) is 0. The third kappa shape index (κ3) is 5.22. The number of carbonyl (C=O) groups is 2. The highest BCUT2D eigenvalue weighted by atomic mass is 35.5. The molecule has 0 bridgehead atoms. The van der Waals surface area contributed by atoms with Crippen molar-refractivity contribution in [1.29, 1.82) is 0 Å². The van der Waals surface area contributed by atoms with Crippen LogP contribution in [-0.2, 0) is 21.4 Å². The van der Waals surface area contributed by atoms with Crippen molar-refractivity contribution in [2.45, 2.75) is 91.5 Å². The molecule has 3 rings (SSSR count). The van der Waals surface area contributed by atoms with E-state index in [0.29, 0.717) is 19.3 Å². The van der Waals surface area contributed by atoms with Gasteiger partial charge >= 0.3 is 5.97 Å². The SMILES string of the molecule is CC(C)C1=CN(C2CCC(C(=O)O)C2)C(=O)C[C@@]1(C)c1ccc(CCC(C)(C)C)c(Cl)c1. The summed E-state index contributed by atoms with van der Waals surface area (Å²) in [5.74, 6) is -0.778. The molecule has 1 aliphatic heterocycles. The highest BCUT2D eigenvalue weighted by Crippen LogP contribution is 2.45. The van der Waals surface area contributed by atoms with Crippen molar-refractivity contribution in [2.24, 2.45) is 17.3 Å². The van der Waals surface area contributed by atoms with Gasteiger partial charge in [-0.05, 0) is 66.2 Å². The molecule has 0 saturated heterocycles. The molecule has 1 aromatic carbocycles. The standard InChI is InChI=1S/C27H38ClNO3/c1-17(2)22-16-29(21-10-8-19(13-21)25(31)32)24(30)15-27(22,6)20-9-7-18(23(28)14-20)11-12-26(3,4)5/h7,9,14,16-17,19,21H,8,10-13,15H2,1-6H3,(H,31,32)/t19?,21?,27-/m0/s1. The number of aryl methyl sites for hydroxylation is 1. The number of carboxylic acid groups (broad SMARTS) is 1. The van der Waals surface area contributed by atoms with Gasteiger partial charge in [0.05, 0.1) is 5.92 Å². The normalized spacial score (nSPS) is 26.6. The summed E-state index contributed by atoms with van der Waals surface area (Å²) in [5.41, 5.74) is 3.26. The average molecular weight is 460 g/mol. The zero-order chi connectivity index (χ0) is 23.8. The summed E-state index contributed by atoms with van der Waals surface area (Å²) in [6.45, 7) is 13.2. The van der Waals surface area contributed by atoms with E-state index in [2.05, 4.69) is 59.7 Å². The van der Waals surface area contributed by atoms with Crippen LogP contribution < -0.4 is 0 Å². The van der Waals surface area contributed by atoms with E-state index in [-0.39, 0.29) is 29.2 Å². The van der Waals surface area contributed by atoms with E-state index < -0.39 is 11.4 Å². The maximum atomic E-state index is 13.3. The fourth-order valence-electron chi connectivity index (χ4n) is 5.26. The van der Waals surface area contributed by atoms with Crippen LogP contribution in [0.5, 0.6) is 0 Å². The van der Waals surface area contributed by atoms with Gasteiger partial charge in [-0.1, -0.05) is 65.3 Å². The smallest absolute Gasteiger partial charge is 0.306 e. The molecule has 0 spiro atoms. The summed E-state index contributed by atoms with van der Waals surface area (Å²) in [6, 6.07) is 6.29. The van der Waals surface area contributed by atoms with E-state index in [1.54, 1.807) is 0 Å². The summed E-state index contributed by atoms with van der Waals surface area (Å²) in [4.78, 5) is 26.5. The monoisotopic (exact) mass is 459 g/mol. The van der Waals surface area contributed by atoms with Crippen LogP contribution in [0.15, 0.2) is 30.0 Å². The summed E-state index contributed by atoms with van der Waals surface area (Å²) in [5, 5.41) is 10.1. The van der Waals surface area contributed by atoms with Crippen LogP contribution in [0.1, 0.15) is 84.8 Å². The molecule has 1 aliphatic carbocycles. The first-order chi connectivity index (χ1) is 14.8. The minimum Gasteiger partial charge on any atom is -0.481 e. The van der Waals surface area contributed by atoms with Gasteiger partial charge < -0.3 is 10.0 Å². The summed E-state index contributed by atoms with van der Waals surface area (Å²) < 4.78 is 0. The van der Waals surface area contributed by atoms with Crippen LogP contribution in [-0.4, -0.2) is 27.9 Å². The highest BCUT2D eigenvalue weighted by molar-refractivity contribution is 6.31. The number of nitrogens with zero attached hydrogens (tertiary/aromatic N) is 1. The first-order valence-corrected chi connectivity index (χ1v) is 12.2. The third-order valence-corrected chi connectivity index (χ3v) is 7.66. The number of allylic oxidation sites excluding steroid dienone is 1. The van der Waals surface area contributed by atoms with Crippen LogP contribution in [0.2, 0.25) is 5.02 Å². The van der Waals surface area contributed by atoms with Crippen molar-refractivity contribution in [3.8, 4) is 0 Å². The Morgan fingerprint density at radius 1 is 1.28 bits per heavy atom. The minimum atomic E-state index is -0.754. The average Bonchev–Trinajstić information content (AvgIpc) is 3.16. The number of carboxylic acids is 1. The van der Waals surface area contributed by atoms with E-state index in [9.17, 15) is 14.7 Å². The van der Waals surface area contributed by atoms with Crippen molar-refractivity contribution in [3.63, 3.8) is 0 Å². The summed E-state index contributed by atoms with van der Waals surface area (Å²) in [6.07, 6.45) is 6.31. The zero-order valence-electron chi connectivity index (χ0n) is 20.4. The summed E-state index contributed by atoms with van der Waals surface area (Å²) >= 11 is 6.71. The number of hydrogen-bond acceptors (Lipinski definition) is 2. The first-order valence-electron chi connectivity index (χ1n) is 11.9. The minimum absolute atomic E-state index is 0.0229. The Kier molecular flexibility index (Phi) is 7.14. The number of amides is 1. The number of carbonyl (C=O) groups excluding carboxylic acids is 1. The molecule has 5 heteroatoms. The van der Waals surface area contributed by atoms with E-state index in [1.807, 2.05) is 11.1 Å². The maximum absolute atomic E-state index is 13.3. The Balaban J connectivity index is 1.90. The van der Waals surface area contributed by atoms with Gasteiger partial charge in [-0.3, -0.25) is 9.59 Å². The van der Waals surface area contributed by atoms with Gasteiger partial charge in [0.2, 0.25) is 5.91 Å². The van der Waals surface area contributed by atoms with Crippen LogP contribution in [0.3, 0.4) is 0 Å². The number of benzene rings is 1. The highest BCUT2D eigenvalue weighted by Gasteiger charge is 2.44. The molecule has 1 aromatic rings. The molecule has 1 amide bonds. The number of aliphatic carboxylic acids is 1. The van der Waals surface area contributed by atoms with Crippen LogP contribution >= 0.6 is 11.6 Å². The fraction of sp³-hybridized carbons (Fsp3) is 0.630. The predicted octanol–water partition coefficient (Wildman–Crippen LogP) is 6.60. The Labute approximate surface area is 198 Å². The molecular weight excluding hydrogens is 422 g/mol. The van der Waals surface area contributed by atoms with Crippen molar-refractivity contribution >= 4 is 23.5 Å². The van der Waals surface area contributed by atoms with Crippen molar-refractivity contribution in [2.75, 3.05) is 0 Å². The lowest BCUT2D eigenvalue weighted by atomic mass is 9.68. The van der Waals surface area contributed by atoms with E-state index in [0.717, 1.165) is 35.4 Å².